The highest BCUT2D eigenvalue weighted by Gasteiger charge is 2.36. The standard InChI is InChI=1S/C55H39NS/c1-55(2)48-27-15-14-25-43(48)44-31-30-41(35-49(44)55)56(50-32-29-39(36-17-6-3-7-18-36)33-46(50)37-19-8-4-9-20-37)51-28-16-26-45-52-42-24-13-12-23-40(42)34-47(54(52)57-53(45)51)38-21-10-5-11-22-38/h3-35H,1-2H3. The molecule has 57 heavy (non-hydrogen) atoms. The molecular weight excluding hydrogens is 707 g/mol. The molecule has 11 rings (SSSR count). The molecular formula is C55H39NS. The summed E-state index contributed by atoms with van der Waals surface area (Å²) in [5.41, 5.74) is 16.0. The Balaban J connectivity index is 1.23. The summed E-state index contributed by atoms with van der Waals surface area (Å²) in [6.07, 6.45) is 0. The summed E-state index contributed by atoms with van der Waals surface area (Å²) in [4.78, 5) is 2.54. The molecule has 9 aromatic carbocycles. The van der Waals surface area contributed by atoms with E-state index in [0.29, 0.717) is 0 Å². The molecule has 0 bridgehead atoms. The molecule has 0 N–H and O–H groups in total. The van der Waals surface area contributed by atoms with Crippen molar-refractivity contribution in [1.82, 2.24) is 0 Å². The Morgan fingerprint density at radius 3 is 1.79 bits per heavy atom. The van der Waals surface area contributed by atoms with Crippen LogP contribution in [0.2, 0.25) is 0 Å². The van der Waals surface area contributed by atoms with Crippen molar-refractivity contribution >= 4 is 59.3 Å². The normalized spacial score (nSPS) is 12.9. The zero-order chi connectivity index (χ0) is 38.1. The van der Waals surface area contributed by atoms with E-state index in [4.69, 9.17) is 0 Å². The third kappa shape index (κ3) is 5.36. The van der Waals surface area contributed by atoms with E-state index in [1.807, 2.05) is 11.3 Å². The first-order valence-electron chi connectivity index (χ1n) is 19.8. The number of fused-ring (bicyclic) bond motifs is 8. The second-order valence-corrected chi connectivity index (χ2v) is 16.7. The molecule has 0 aliphatic heterocycles. The van der Waals surface area contributed by atoms with Gasteiger partial charge in [-0.3, -0.25) is 0 Å². The molecule has 1 aliphatic carbocycles. The van der Waals surface area contributed by atoms with Gasteiger partial charge in [-0.25, -0.2) is 0 Å². The second-order valence-electron chi connectivity index (χ2n) is 15.7. The number of benzene rings is 9. The molecule has 1 nitrogen and oxygen atoms in total. The van der Waals surface area contributed by atoms with Crippen molar-refractivity contribution in [2.75, 3.05) is 4.90 Å². The number of nitrogens with zero attached hydrogens (tertiary/aromatic N) is 1. The largest absolute Gasteiger partial charge is 0.308 e. The van der Waals surface area contributed by atoms with Crippen LogP contribution in [0.4, 0.5) is 17.1 Å². The molecule has 0 saturated heterocycles. The zero-order valence-corrected chi connectivity index (χ0v) is 32.7. The van der Waals surface area contributed by atoms with Crippen LogP contribution < -0.4 is 4.90 Å². The Kier molecular flexibility index (Phi) is 7.77. The van der Waals surface area contributed by atoms with E-state index in [9.17, 15) is 0 Å². The summed E-state index contributed by atoms with van der Waals surface area (Å²) < 4.78 is 2.59. The highest BCUT2D eigenvalue weighted by atomic mass is 32.1. The molecule has 0 amide bonds. The lowest BCUT2D eigenvalue weighted by Crippen LogP contribution is -2.17. The van der Waals surface area contributed by atoms with Crippen molar-refractivity contribution in [1.29, 1.82) is 0 Å². The summed E-state index contributed by atoms with van der Waals surface area (Å²) in [6.45, 7) is 4.75. The van der Waals surface area contributed by atoms with Gasteiger partial charge < -0.3 is 4.90 Å². The molecule has 0 atom stereocenters. The molecule has 0 fully saturated rings. The van der Waals surface area contributed by atoms with Crippen LogP contribution >= 0.6 is 11.3 Å². The van der Waals surface area contributed by atoms with Crippen LogP contribution in [0.1, 0.15) is 25.0 Å². The van der Waals surface area contributed by atoms with Gasteiger partial charge >= 0.3 is 0 Å². The number of anilines is 3. The van der Waals surface area contributed by atoms with Gasteiger partial charge in [-0.1, -0.05) is 178 Å². The van der Waals surface area contributed by atoms with Gasteiger partial charge in [0, 0.05) is 37.7 Å². The van der Waals surface area contributed by atoms with Gasteiger partial charge in [0.2, 0.25) is 0 Å². The highest BCUT2D eigenvalue weighted by Crippen LogP contribution is 2.54. The Morgan fingerprint density at radius 2 is 1.02 bits per heavy atom. The van der Waals surface area contributed by atoms with Gasteiger partial charge in [0.25, 0.3) is 0 Å². The minimum atomic E-state index is -0.139. The molecule has 1 aliphatic rings. The summed E-state index contributed by atoms with van der Waals surface area (Å²) in [6, 6.07) is 73.8. The Hall–Kier alpha value is -6.74. The number of hydrogen-bond acceptors (Lipinski definition) is 2. The van der Waals surface area contributed by atoms with Crippen LogP contribution in [-0.2, 0) is 5.41 Å². The van der Waals surface area contributed by atoms with Crippen molar-refractivity contribution in [3.8, 4) is 44.5 Å². The Morgan fingerprint density at radius 1 is 0.386 bits per heavy atom. The van der Waals surface area contributed by atoms with Crippen LogP contribution in [0.5, 0.6) is 0 Å². The van der Waals surface area contributed by atoms with Crippen molar-refractivity contribution < 1.29 is 0 Å². The first-order valence-corrected chi connectivity index (χ1v) is 20.6. The third-order valence-electron chi connectivity index (χ3n) is 12.0. The molecule has 270 valence electrons. The lowest BCUT2D eigenvalue weighted by molar-refractivity contribution is 0.660. The van der Waals surface area contributed by atoms with Crippen LogP contribution in [0.15, 0.2) is 200 Å². The second kappa shape index (κ2) is 13.2. The first kappa shape index (κ1) is 33.6. The smallest absolute Gasteiger partial charge is 0.0640 e. The van der Waals surface area contributed by atoms with E-state index in [2.05, 4.69) is 219 Å². The average Bonchev–Trinajstić information content (AvgIpc) is 3.78. The van der Waals surface area contributed by atoms with Crippen LogP contribution in [0.25, 0.3) is 75.5 Å². The molecule has 0 spiro atoms. The monoisotopic (exact) mass is 745 g/mol. The minimum Gasteiger partial charge on any atom is -0.308 e. The average molecular weight is 746 g/mol. The predicted octanol–water partition coefficient (Wildman–Crippen LogP) is 16.0. The number of thiophene rings is 1. The fraction of sp³-hybridized carbons (Fsp3) is 0.0545. The fourth-order valence-electron chi connectivity index (χ4n) is 9.27. The molecule has 1 aromatic heterocycles. The Bertz CT molecular complexity index is 3140. The van der Waals surface area contributed by atoms with E-state index < -0.39 is 0 Å². The molecule has 0 saturated carbocycles. The molecule has 2 heteroatoms. The quantitative estimate of drug-likeness (QED) is 0.164. The van der Waals surface area contributed by atoms with E-state index in [1.165, 1.54) is 92.3 Å². The zero-order valence-electron chi connectivity index (χ0n) is 31.9. The van der Waals surface area contributed by atoms with Gasteiger partial charge in [-0.05, 0) is 91.7 Å². The predicted molar refractivity (Wildman–Crippen MR) is 245 cm³/mol. The van der Waals surface area contributed by atoms with Crippen molar-refractivity contribution in [2.24, 2.45) is 0 Å². The molecule has 0 unspecified atom stereocenters. The maximum absolute atomic E-state index is 2.54. The summed E-state index contributed by atoms with van der Waals surface area (Å²) in [5, 5.41) is 5.15. The topological polar surface area (TPSA) is 3.24 Å². The van der Waals surface area contributed by atoms with Crippen molar-refractivity contribution in [3.05, 3.63) is 211 Å². The van der Waals surface area contributed by atoms with Gasteiger partial charge in [0.1, 0.15) is 0 Å². The van der Waals surface area contributed by atoms with Gasteiger partial charge in [0.15, 0.2) is 0 Å². The molecule has 0 radical (unpaired) electrons. The van der Waals surface area contributed by atoms with E-state index in [0.717, 1.165) is 11.4 Å². The van der Waals surface area contributed by atoms with Gasteiger partial charge in [-0.2, -0.15) is 0 Å². The summed E-state index contributed by atoms with van der Waals surface area (Å²) in [7, 11) is 0. The lowest BCUT2D eigenvalue weighted by Gasteiger charge is -2.30. The number of rotatable bonds is 6. The summed E-state index contributed by atoms with van der Waals surface area (Å²) in [5.74, 6) is 0. The van der Waals surface area contributed by atoms with E-state index in [1.54, 1.807) is 0 Å². The van der Waals surface area contributed by atoms with Crippen LogP contribution in [0, 0.1) is 0 Å². The van der Waals surface area contributed by atoms with Gasteiger partial charge in [-0.15, -0.1) is 11.3 Å². The lowest BCUT2D eigenvalue weighted by atomic mass is 9.82. The van der Waals surface area contributed by atoms with Crippen LogP contribution in [-0.4, -0.2) is 0 Å². The van der Waals surface area contributed by atoms with Crippen molar-refractivity contribution in [3.63, 3.8) is 0 Å². The maximum atomic E-state index is 2.54. The highest BCUT2D eigenvalue weighted by molar-refractivity contribution is 7.27. The SMILES string of the molecule is CC1(C)c2ccccc2-c2ccc(N(c3ccc(-c4ccccc4)cc3-c3ccccc3)c3cccc4c3sc3c(-c5ccccc5)cc5ccccc5c34)cc21. The van der Waals surface area contributed by atoms with Crippen LogP contribution in [0.3, 0.4) is 0 Å². The minimum absolute atomic E-state index is 0.139. The van der Waals surface area contributed by atoms with Crippen molar-refractivity contribution in [2.45, 2.75) is 19.3 Å². The Labute approximate surface area is 337 Å². The molecule has 1 heterocycles. The summed E-state index contributed by atoms with van der Waals surface area (Å²) >= 11 is 1.92. The fourth-order valence-corrected chi connectivity index (χ4v) is 10.6. The molecule has 10 aromatic rings. The number of hydrogen-bond donors (Lipinski definition) is 0. The maximum Gasteiger partial charge on any atom is 0.0640 e. The van der Waals surface area contributed by atoms with E-state index in [-0.39, 0.29) is 5.41 Å². The van der Waals surface area contributed by atoms with E-state index >= 15 is 0 Å². The first-order chi connectivity index (χ1) is 28.0. The third-order valence-corrected chi connectivity index (χ3v) is 13.3. The van der Waals surface area contributed by atoms with Gasteiger partial charge in [0.05, 0.1) is 16.1 Å².